The molecule has 0 aliphatic rings. The lowest BCUT2D eigenvalue weighted by Gasteiger charge is -2.25. The van der Waals surface area contributed by atoms with Gasteiger partial charge >= 0.3 is 11.9 Å². The lowest BCUT2D eigenvalue weighted by Crippen LogP contribution is -2.19. The molecular weight excluding hydrogens is 488 g/mol. The van der Waals surface area contributed by atoms with E-state index in [1.807, 2.05) is 18.2 Å². The third kappa shape index (κ3) is 10.9. The van der Waals surface area contributed by atoms with Gasteiger partial charge in [-0.2, -0.15) is 0 Å². The molecule has 2 rings (SSSR count). The maximum absolute atomic E-state index is 11.5. The van der Waals surface area contributed by atoms with E-state index in [4.69, 9.17) is 5.11 Å². The maximum atomic E-state index is 11.5. The van der Waals surface area contributed by atoms with Crippen LogP contribution in [0.1, 0.15) is 117 Å². The molecule has 2 atom stereocenters. The van der Waals surface area contributed by atoms with Crippen LogP contribution in [-0.2, 0) is 18.3 Å². The average Bonchev–Trinajstić information content (AvgIpc) is 3.24. The second kappa shape index (κ2) is 17.2. The number of imidazole rings is 1. The van der Waals surface area contributed by atoms with E-state index in [1.54, 1.807) is 7.05 Å². The number of unbranched alkanes of at least 4 members (excludes halogenated alkanes) is 9. The number of aliphatic hydroxyl groups excluding tert-OH is 1. The van der Waals surface area contributed by atoms with Gasteiger partial charge in [0.05, 0.1) is 17.6 Å². The number of rotatable bonds is 20. The molecule has 37 heavy (non-hydrogen) atoms. The first-order valence-electron chi connectivity index (χ1n) is 13.7. The van der Waals surface area contributed by atoms with Crippen LogP contribution >= 0.6 is 11.8 Å². The fraction of sp³-hybridized carbons (Fsp3) is 0.621. The molecule has 7 nitrogen and oxygen atoms in total. The van der Waals surface area contributed by atoms with Gasteiger partial charge in [-0.15, -0.1) is 0 Å². The minimum atomic E-state index is -1.05. The van der Waals surface area contributed by atoms with Gasteiger partial charge in [-0.25, -0.2) is 9.78 Å². The van der Waals surface area contributed by atoms with Crippen molar-refractivity contribution in [3.8, 4) is 0 Å². The van der Waals surface area contributed by atoms with E-state index in [1.165, 1.54) is 85.9 Å². The quantitative estimate of drug-likeness (QED) is 0.124. The maximum Gasteiger partial charge on any atom is 0.354 e. The summed E-state index contributed by atoms with van der Waals surface area (Å²) in [6.45, 7) is 2.24. The van der Waals surface area contributed by atoms with Gasteiger partial charge in [0.15, 0.2) is 5.16 Å². The fourth-order valence-electron chi connectivity index (χ4n) is 4.62. The minimum Gasteiger partial charge on any atom is -0.481 e. The topological polar surface area (TPSA) is 113 Å². The second-order valence-electron chi connectivity index (χ2n) is 9.81. The highest BCUT2D eigenvalue weighted by atomic mass is 32.2. The molecule has 1 aromatic heterocycles. The number of hydrogen-bond donors (Lipinski definition) is 3. The van der Waals surface area contributed by atoms with Crippen LogP contribution in [0.15, 0.2) is 35.6 Å². The van der Waals surface area contributed by atoms with Crippen LogP contribution in [0.5, 0.6) is 0 Å². The molecule has 8 heteroatoms. The highest BCUT2D eigenvalue weighted by Crippen LogP contribution is 2.40. The molecule has 1 aromatic carbocycles. The van der Waals surface area contributed by atoms with Gasteiger partial charge < -0.3 is 19.9 Å². The number of aryl methyl sites for hydroxylation is 1. The molecule has 0 fully saturated rings. The van der Waals surface area contributed by atoms with Gasteiger partial charge in [0.25, 0.3) is 0 Å². The van der Waals surface area contributed by atoms with Crippen molar-refractivity contribution in [2.75, 3.05) is 0 Å². The van der Waals surface area contributed by atoms with Crippen molar-refractivity contribution >= 4 is 23.7 Å². The van der Waals surface area contributed by atoms with Gasteiger partial charge in [-0.3, -0.25) is 4.79 Å². The summed E-state index contributed by atoms with van der Waals surface area (Å²) in [5, 5.41) is 29.7. The Balaban J connectivity index is 2.04. The van der Waals surface area contributed by atoms with Crippen molar-refractivity contribution < 1.29 is 24.9 Å². The lowest BCUT2D eigenvalue weighted by atomic mass is 9.94. The van der Waals surface area contributed by atoms with Gasteiger partial charge in [0.1, 0.15) is 5.69 Å². The van der Waals surface area contributed by atoms with E-state index in [0.29, 0.717) is 18.0 Å². The van der Waals surface area contributed by atoms with Crippen LogP contribution in [0.2, 0.25) is 0 Å². The molecule has 0 radical (unpaired) electrons. The first-order valence-corrected chi connectivity index (χ1v) is 14.6. The average molecular weight is 533 g/mol. The molecule has 0 bridgehead atoms. The standard InChI is InChI=1S/C29H44N2O5S/c1-3-4-5-6-7-8-9-10-11-12-16-22-17-13-14-18-23(22)27(25(32)19-15-20-26(33)34)37-29-30-21-24(28(35)36)31(29)2/h13-14,17-18,21,25,27,32H,3-12,15-16,19-20H2,1-2H3,(H,33,34)(H,35,36). The number of aromatic carboxylic acids is 1. The fourth-order valence-corrected chi connectivity index (χ4v) is 5.87. The van der Waals surface area contributed by atoms with E-state index >= 15 is 0 Å². The molecule has 0 amide bonds. The summed E-state index contributed by atoms with van der Waals surface area (Å²) in [5.74, 6) is -1.94. The van der Waals surface area contributed by atoms with E-state index in [0.717, 1.165) is 18.4 Å². The molecule has 0 saturated carbocycles. The zero-order chi connectivity index (χ0) is 27.0. The molecule has 2 aromatic rings. The first kappa shape index (κ1) is 30.9. The summed E-state index contributed by atoms with van der Waals surface area (Å²) in [6, 6.07) is 8.08. The predicted octanol–water partition coefficient (Wildman–Crippen LogP) is 7.03. The summed E-state index contributed by atoms with van der Waals surface area (Å²) < 4.78 is 1.52. The molecular formula is C29H44N2O5S. The smallest absolute Gasteiger partial charge is 0.354 e. The zero-order valence-electron chi connectivity index (χ0n) is 22.4. The van der Waals surface area contributed by atoms with E-state index in [2.05, 4.69) is 18.0 Å². The Morgan fingerprint density at radius 2 is 1.57 bits per heavy atom. The lowest BCUT2D eigenvalue weighted by molar-refractivity contribution is -0.137. The second-order valence-corrected chi connectivity index (χ2v) is 10.9. The van der Waals surface area contributed by atoms with Crippen molar-refractivity contribution in [2.24, 2.45) is 7.05 Å². The number of carboxylic acid groups (broad SMARTS) is 2. The molecule has 0 aliphatic carbocycles. The molecule has 2 unspecified atom stereocenters. The number of hydrogen-bond acceptors (Lipinski definition) is 5. The third-order valence-corrected chi connectivity index (χ3v) is 8.21. The van der Waals surface area contributed by atoms with Crippen molar-refractivity contribution in [1.29, 1.82) is 0 Å². The molecule has 0 spiro atoms. The highest BCUT2D eigenvalue weighted by molar-refractivity contribution is 7.99. The number of aliphatic carboxylic acids is 1. The summed E-state index contributed by atoms with van der Waals surface area (Å²) in [6.07, 6.45) is 14.9. The Kier molecular flexibility index (Phi) is 14.4. The van der Waals surface area contributed by atoms with Gasteiger partial charge in [-0.05, 0) is 36.8 Å². The third-order valence-electron chi connectivity index (χ3n) is 6.80. The molecule has 0 aliphatic heterocycles. The van der Waals surface area contributed by atoms with Crippen LogP contribution in [0.25, 0.3) is 0 Å². The molecule has 206 valence electrons. The minimum absolute atomic E-state index is 0.000262. The van der Waals surface area contributed by atoms with Crippen molar-refractivity contribution in [2.45, 2.75) is 113 Å². The Morgan fingerprint density at radius 1 is 0.946 bits per heavy atom. The number of aliphatic hydroxyl groups is 1. The first-order chi connectivity index (χ1) is 17.8. The van der Waals surface area contributed by atoms with Crippen LogP contribution in [0, 0.1) is 0 Å². The van der Waals surface area contributed by atoms with Gasteiger partial charge in [0.2, 0.25) is 0 Å². The summed E-state index contributed by atoms with van der Waals surface area (Å²) in [4.78, 5) is 26.8. The van der Waals surface area contributed by atoms with E-state index in [9.17, 15) is 19.8 Å². The zero-order valence-corrected chi connectivity index (χ0v) is 23.2. The molecule has 3 N–H and O–H groups in total. The van der Waals surface area contributed by atoms with Crippen LogP contribution in [0.3, 0.4) is 0 Å². The van der Waals surface area contributed by atoms with E-state index in [-0.39, 0.29) is 17.4 Å². The summed E-state index contributed by atoms with van der Waals surface area (Å²) in [5.41, 5.74) is 2.26. The van der Waals surface area contributed by atoms with Crippen LogP contribution < -0.4 is 0 Å². The Morgan fingerprint density at radius 3 is 2.16 bits per heavy atom. The molecule has 0 saturated heterocycles. The Hall–Kier alpha value is -2.32. The number of thioether (sulfide) groups is 1. The number of carboxylic acids is 2. The molecule has 1 heterocycles. The number of carbonyl (C=O) groups is 2. The van der Waals surface area contributed by atoms with Crippen LogP contribution in [-0.4, -0.2) is 42.9 Å². The van der Waals surface area contributed by atoms with Gasteiger partial charge in [0, 0.05) is 13.5 Å². The summed E-state index contributed by atoms with van der Waals surface area (Å²) >= 11 is 1.34. The largest absolute Gasteiger partial charge is 0.481 e. The monoisotopic (exact) mass is 532 g/mol. The van der Waals surface area contributed by atoms with Crippen molar-refractivity contribution in [3.05, 3.63) is 47.3 Å². The number of aromatic nitrogens is 2. The van der Waals surface area contributed by atoms with Gasteiger partial charge in [-0.1, -0.05) is 101 Å². The number of nitrogens with zero attached hydrogens (tertiary/aromatic N) is 2. The SMILES string of the molecule is CCCCCCCCCCCCc1ccccc1C(Sc1ncc(C(=O)O)n1C)C(O)CCCC(=O)O. The normalized spacial score (nSPS) is 12.9. The summed E-state index contributed by atoms with van der Waals surface area (Å²) in [7, 11) is 1.66. The van der Waals surface area contributed by atoms with Crippen LogP contribution in [0.4, 0.5) is 0 Å². The highest BCUT2D eigenvalue weighted by Gasteiger charge is 2.27. The number of benzene rings is 1. The van der Waals surface area contributed by atoms with E-state index < -0.39 is 18.0 Å². The van der Waals surface area contributed by atoms with Crippen molar-refractivity contribution in [3.63, 3.8) is 0 Å². The van der Waals surface area contributed by atoms with Crippen molar-refractivity contribution in [1.82, 2.24) is 9.55 Å². The Labute approximate surface area is 225 Å². The predicted molar refractivity (Wildman–Crippen MR) is 148 cm³/mol. The Bertz CT molecular complexity index is 962.